The molecular formula is C11H12FN3O5S. The third kappa shape index (κ3) is 3.00. The van der Waals surface area contributed by atoms with Gasteiger partial charge in [0, 0.05) is 32.0 Å². The van der Waals surface area contributed by atoms with E-state index >= 15 is 0 Å². The highest BCUT2D eigenvalue weighted by Gasteiger charge is 2.31. The SMILES string of the molecule is O=[N+]([O-])c1ccc(S(=O)(=O)N2CCC(=NO)CC2)c(F)c1. The Morgan fingerprint density at radius 1 is 1.33 bits per heavy atom. The number of non-ortho nitro benzene ring substituents is 1. The van der Waals surface area contributed by atoms with Gasteiger partial charge in [0.1, 0.15) is 10.7 Å². The highest BCUT2D eigenvalue weighted by molar-refractivity contribution is 7.89. The first-order valence-electron chi connectivity index (χ1n) is 6.00. The molecule has 0 radical (unpaired) electrons. The van der Waals surface area contributed by atoms with Crippen LogP contribution in [0.25, 0.3) is 0 Å². The second-order valence-electron chi connectivity index (χ2n) is 4.44. The van der Waals surface area contributed by atoms with Crippen molar-refractivity contribution in [1.82, 2.24) is 4.31 Å². The van der Waals surface area contributed by atoms with E-state index in [0.29, 0.717) is 11.8 Å². The molecule has 1 saturated heterocycles. The quantitative estimate of drug-likeness (QED) is 0.513. The van der Waals surface area contributed by atoms with Gasteiger partial charge in [0.15, 0.2) is 0 Å². The highest BCUT2D eigenvalue weighted by atomic mass is 32.2. The number of rotatable bonds is 3. The number of hydrogen-bond acceptors (Lipinski definition) is 6. The molecule has 8 nitrogen and oxygen atoms in total. The molecule has 0 amide bonds. The van der Waals surface area contributed by atoms with Crippen LogP contribution in [0.15, 0.2) is 28.3 Å². The maximum atomic E-state index is 13.8. The Kier molecular flexibility index (Phi) is 4.19. The number of halogens is 1. The predicted octanol–water partition coefficient (Wildman–Crippen LogP) is 1.35. The Balaban J connectivity index is 2.30. The minimum absolute atomic E-state index is 0.0676. The maximum absolute atomic E-state index is 13.8. The van der Waals surface area contributed by atoms with Crippen molar-refractivity contribution >= 4 is 21.4 Å². The summed E-state index contributed by atoms with van der Waals surface area (Å²) in [6.45, 7) is 0.135. The molecule has 0 aromatic heterocycles. The Morgan fingerprint density at radius 3 is 2.43 bits per heavy atom. The smallest absolute Gasteiger partial charge is 0.272 e. The van der Waals surface area contributed by atoms with Gasteiger partial charge in [-0.2, -0.15) is 4.31 Å². The largest absolute Gasteiger partial charge is 0.411 e. The van der Waals surface area contributed by atoms with E-state index in [1.807, 2.05) is 0 Å². The van der Waals surface area contributed by atoms with E-state index in [9.17, 15) is 22.9 Å². The molecule has 0 aliphatic carbocycles. The summed E-state index contributed by atoms with van der Waals surface area (Å²) in [7, 11) is -4.07. The van der Waals surface area contributed by atoms with Gasteiger partial charge < -0.3 is 5.21 Å². The van der Waals surface area contributed by atoms with Crippen molar-refractivity contribution in [1.29, 1.82) is 0 Å². The zero-order valence-electron chi connectivity index (χ0n) is 10.8. The Bertz CT molecular complexity index is 694. The number of hydrogen-bond donors (Lipinski definition) is 1. The van der Waals surface area contributed by atoms with Crippen molar-refractivity contribution in [2.24, 2.45) is 5.16 Å². The molecule has 1 fully saturated rings. The fraction of sp³-hybridized carbons (Fsp3) is 0.364. The average molecular weight is 317 g/mol. The summed E-state index contributed by atoms with van der Waals surface area (Å²) in [5.41, 5.74) is -0.0367. The van der Waals surface area contributed by atoms with E-state index in [-0.39, 0.29) is 25.9 Å². The van der Waals surface area contributed by atoms with Crippen molar-refractivity contribution in [2.75, 3.05) is 13.1 Å². The molecule has 0 bridgehead atoms. The van der Waals surface area contributed by atoms with Crippen LogP contribution >= 0.6 is 0 Å². The van der Waals surface area contributed by atoms with Crippen molar-refractivity contribution in [2.45, 2.75) is 17.7 Å². The van der Waals surface area contributed by atoms with Crippen LogP contribution in [0.3, 0.4) is 0 Å². The summed E-state index contributed by atoms with van der Waals surface area (Å²) in [6.07, 6.45) is 0.509. The summed E-state index contributed by atoms with van der Waals surface area (Å²) >= 11 is 0. The molecule has 1 heterocycles. The first-order chi connectivity index (χ1) is 9.86. The Hall–Kier alpha value is -2.07. The van der Waals surface area contributed by atoms with E-state index in [0.717, 1.165) is 16.4 Å². The molecule has 2 rings (SSSR count). The van der Waals surface area contributed by atoms with Crippen LogP contribution in [-0.4, -0.2) is 41.7 Å². The standard InChI is InChI=1S/C11H12FN3O5S/c12-10-7-9(15(17)18)1-2-11(10)21(19,20)14-5-3-8(13-16)4-6-14/h1-2,7,16H,3-6H2. The molecule has 0 saturated carbocycles. The minimum Gasteiger partial charge on any atom is -0.411 e. The molecule has 10 heteroatoms. The molecule has 21 heavy (non-hydrogen) atoms. The normalized spacial score (nSPS) is 16.7. The molecule has 1 aliphatic rings. The second kappa shape index (κ2) is 5.74. The summed E-state index contributed by atoms with van der Waals surface area (Å²) in [5, 5.41) is 22.2. The highest BCUT2D eigenvalue weighted by Crippen LogP contribution is 2.25. The summed E-state index contributed by atoms with van der Waals surface area (Å²) in [5.74, 6) is -1.16. The van der Waals surface area contributed by atoms with Gasteiger partial charge in [-0.15, -0.1) is 0 Å². The molecule has 114 valence electrons. The maximum Gasteiger partial charge on any atom is 0.272 e. The van der Waals surface area contributed by atoms with Crippen LogP contribution in [-0.2, 0) is 10.0 Å². The van der Waals surface area contributed by atoms with Gasteiger partial charge >= 0.3 is 0 Å². The third-order valence-electron chi connectivity index (χ3n) is 3.19. The third-order valence-corrected chi connectivity index (χ3v) is 5.12. The number of piperidine rings is 1. The van der Waals surface area contributed by atoms with Crippen LogP contribution < -0.4 is 0 Å². The summed E-state index contributed by atoms with van der Waals surface area (Å²) < 4.78 is 39.5. The van der Waals surface area contributed by atoms with Crippen molar-refractivity contribution < 1.29 is 22.9 Å². The van der Waals surface area contributed by atoms with E-state index in [4.69, 9.17) is 5.21 Å². The van der Waals surface area contributed by atoms with E-state index in [2.05, 4.69) is 5.16 Å². The van der Waals surface area contributed by atoms with Crippen molar-refractivity contribution in [3.63, 3.8) is 0 Å². The number of nitro groups is 1. The molecule has 0 unspecified atom stereocenters. The topological polar surface area (TPSA) is 113 Å². The number of nitro benzene ring substituents is 1. The number of nitrogens with zero attached hydrogens (tertiary/aromatic N) is 3. The average Bonchev–Trinajstić information content (AvgIpc) is 2.46. The molecule has 1 aromatic carbocycles. The van der Waals surface area contributed by atoms with Gasteiger partial charge in [0.05, 0.1) is 16.7 Å². The second-order valence-corrected chi connectivity index (χ2v) is 6.35. The van der Waals surface area contributed by atoms with Crippen LogP contribution in [0, 0.1) is 15.9 Å². The van der Waals surface area contributed by atoms with Gasteiger partial charge in [-0.3, -0.25) is 10.1 Å². The van der Waals surface area contributed by atoms with Gasteiger partial charge in [0.2, 0.25) is 10.0 Å². The number of sulfonamides is 1. The Labute approximate surface area is 119 Å². The predicted molar refractivity (Wildman–Crippen MR) is 70.3 cm³/mol. The van der Waals surface area contributed by atoms with Crippen LogP contribution in [0.4, 0.5) is 10.1 Å². The van der Waals surface area contributed by atoms with Crippen LogP contribution in [0.2, 0.25) is 0 Å². The zero-order valence-corrected chi connectivity index (χ0v) is 11.6. The molecule has 0 spiro atoms. The number of benzene rings is 1. The first kappa shape index (κ1) is 15.3. The molecule has 1 aromatic rings. The molecule has 0 atom stereocenters. The van der Waals surface area contributed by atoms with Crippen LogP contribution in [0.1, 0.15) is 12.8 Å². The number of oxime groups is 1. The summed E-state index contributed by atoms with van der Waals surface area (Å²) in [4.78, 5) is 9.13. The van der Waals surface area contributed by atoms with E-state index in [1.165, 1.54) is 0 Å². The first-order valence-corrected chi connectivity index (χ1v) is 7.44. The van der Waals surface area contributed by atoms with Crippen molar-refractivity contribution in [3.05, 3.63) is 34.1 Å². The van der Waals surface area contributed by atoms with Crippen LogP contribution in [0.5, 0.6) is 0 Å². The van der Waals surface area contributed by atoms with Crippen molar-refractivity contribution in [3.8, 4) is 0 Å². The Morgan fingerprint density at radius 2 is 1.95 bits per heavy atom. The lowest BCUT2D eigenvalue weighted by Gasteiger charge is -2.26. The lowest BCUT2D eigenvalue weighted by Crippen LogP contribution is -2.39. The zero-order chi connectivity index (χ0) is 15.6. The van der Waals surface area contributed by atoms with Gasteiger partial charge in [-0.05, 0) is 6.07 Å². The fourth-order valence-corrected chi connectivity index (χ4v) is 3.52. The van der Waals surface area contributed by atoms with Gasteiger partial charge in [-0.1, -0.05) is 5.16 Å². The molecule has 1 aliphatic heterocycles. The fourth-order valence-electron chi connectivity index (χ4n) is 2.04. The van der Waals surface area contributed by atoms with E-state index < -0.39 is 31.3 Å². The lowest BCUT2D eigenvalue weighted by molar-refractivity contribution is -0.385. The molecule has 1 N–H and O–H groups in total. The lowest BCUT2D eigenvalue weighted by atomic mass is 10.1. The van der Waals surface area contributed by atoms with Gasteiger partial charge in [0.25, 0.3) is 5.69 Å². The monoisotopic (exact) mass is 317 g/mol. The minimum atomic E-state index is -4.07. The molecular weight excluding hydrogens is 305 g/mol. The van der Waals surface area contributed by atoms with Gasteiger partial charge in [-0.25, -0.2) is 12.8 Å². The summed E-state index contributed by atoms with van der Waals surface area (Å²) in [6, 6.07) is 2.41. The van der Waals surface area contributed by atoms with E-state index in [1.54, 1.807) is 0 Å².